The smallest absolute Gasteiger partial charge is 0.320 e. The number of aryl methyl sites for hydroxylation is 1. The maximum atomic E-state index is 11.3. The first-order valence-corrected chi connectivity index (χ1v) is 5.09. The highest BCUT2D eigenvalue weighted by Crippen LogP contribution is 2.01. The Morgan fingerprint density at radius 3 is 2.87 bits per heavy atom. The zero-order chi connectivity index (χ0) is 11.3. The van der Waals surface area contributed by atoms with Crippen LogP contribution in [0.4, 0.5) is 0 Å². The van der Waals surface area contributed by atoms with Gasteiger partial charge in [-0.15, -0.1) is 0 Å². The first-order valence-electron chi connectivity index (χ1n) is 5.09. The van der Waals surface area contributed by atoms with E-state index in [9.17, 15) is 4.79 Å². The van der Waals surface area contributed by atoms with E-state index in [1.165, 1.54) is 0 Å². The van der Waals surface area contributed by atoms with Gasteiger partial charge in [-0.3, -0.25) is 4.79 Å². The second-order valence-corrected chi connectivity index (χ2v) is 3.81. The van der Waals surface area contributed by atoms with Gasteiger partial charge in [0.1, 0.15) is 6.61 Å². The fourth-order valence-electron chi connectivity index (χ4n) is 1.14. The molecule has 0 radical (unpaired) electrons. The Labute approximate surface area is 90.2 Å². The van der Waals surface area contributed by atoms with Crippen molar-refractivity contribution in [2.75, 3.05) is 6.54 Å². The predicted molar refractivity (Wildman–Crippen MR) is 58.3 cm³/mol. The van der Waals surface area contributed by atoms with Gasteiger partial charge in [-0.25, -0.2) is 0 Å². The Morgan fingerprint density at radius 1 is 1.60 bits per heavy atom. The summed E-state index contributed by atoms with van der Waals surface area (Å²) in [6.45, 7) is 4.58. The number of aromatic nitrogens is 1. The van der Waals surface area contributed by atoms with E-state index in [2.05, 4.69) is 5.32 Å². The van der Waals surface area contributed by atoms with E-state index < -0.39 is 0 Å². The predicted octanol–water partition coefficient (Wildman–Crippen LogP) is 1.07. The van der Waals surface area contributed by atoms with E-state index in [-0.39, 0.29) is 12.5 Å². The van der Waals surface area contributed by atoms with E-state index in [4.69, 9.17) is 4.74 Å². The van der Waals surface area contributed by atoms with Crippen molar-refractivity contribution in [3.05, 3.63) is 24.0 Å². The standard InChI is InChI=1S/C11H18N2O2/c1-9(2)12-7-11(14)15-8-10-5-4-6-13(10)3/h4-6,9,12H,7-8H2,1-3H3. The number of hydrogen-bond acceptors (Lipinski definition) is 3. The van der Waals surface area contributed by atoms with Crippen LogP contribution in [0.3, 0.4) is 0 Å². The van der Waals surface area contributed by atoms with Gasteiger partial charge in [0.15, 0.2) is 0 Å². The molecular formula is C11H18N2O2. The van der Waals surface area contributed by atoms with Crippen LogP contribution >= 0.6 is 0 Å². The summed E-state index contributed by atoms with van der Waals surface area (Å²) in [5.41, 5.74) is 0.993. The van der Waals surface area contributed by atoms with Gasteiger partial charge in [0.25, 0.3) is 0 Å². The van der Waals surface area contributed by atoms with Crippen molar-refractivity contribution >= 4 is 5.97 Å². The van der Waals surface area contributed by atoms with Gasteiger partial charge in [0, 0.05) is 19.3 Å². The van der Waals surface area contributed by atoms with Crippen molar-refractivity contribution in [1.29, 1.82) is 0 Å². The highest BCUT2D eigenvalue weighted by Gasteiger charge is 2.05. The molecule has 0 aliphatic heterocycles. The Hall–Kier alpha value is -1.29. The summed E-state index contributed by atoms with van der Waals surface area (Å²) in [5.74, 6) is -0.218. The lowest BCUT2D eigenvalue weighted by molar-refractivity contribution is -0.144. The topological polar surface area (TPSA) is 43.3 Å². The van der Waals surface area contributed by atoms with Gasteiger partial charge in [-0.05, 0) is 12.1 Å². The minimum atomic E-state index is -0.218. The second-order valence-electron chi connectivity index (χ2n) is 3.81. The number of esters is 1. The summed E-state index contributed by atoms with van der Waals surface area (Å²) in [7, 11) is 1.93. The van der Waals surface area contributed by atoms with E-state index in [0.29, 0.717) is 12.6 Å². The molecule has 4 nitrogen and oxygen atoms in total. The largest absolute Gasteiger partial charge is 0.458 e. The molecule has 0 unspecified atom stereocenters. The normalized spacial score (nSPS) is 10.7. The highest BCUT2D eigenvalue weighted by molar-refractivity contribution is 5.71. The molecule has 0 saturated heterocycles. The molecule has 15 heavy (non-hydrogen) atoms. The maximum absolute atomic E-state index is 11.3. The van der Waals surface area contributed by atoms with Gasteiger partial charge in [-0.2, -0.15) is 0 Å². The minimum Gasteiger partial charge on any atom is -0.458 e. The van der Waals surface area contributed by atoms with Crippen LogP contribution in [-0.2, 0) is 23.2 Å². The number of ether oxygens (including phenoxy) is 1. The van der Waals surface area contributed by atoms with Crippen molar-refractivity contribution < 1.29 is 9.53 Å². The van der Waals surface area contributed by atoms with Crippen LogP contribution in [0, 0.1) is 0 Å². The Kier molecular flexibility index (Phi) is 4.37. The molecule has 0 saturated carbocycles. The molecule has 0 spiro atoms. The second kappa shape index (κ2) is 5.56. The molecule has 1 aromatic rings. The molecule has 0 aliphatic rings. The number of rotatable bonds is 5. The molecule has 0 bridgehead atoms. The molecule has 4 heteroatoms. The molecule has 0 aromatic carbocycles. The summed E-state index contributed by atoms with van der Waals surface area (Å²) < 4.78 is 7.03. The third-order valence-electron chi connectivity index (χ3n) is 2.09. The Morgan fingerprint density at radius 2 is 2.33 bits per heavy atom. The molecule has 0 amide bonds. The number of nitrogens with one attached hydrogen (secondary N) is 1. The average molecular weight is 210 g/mol. The summed E-state index contributed by atoms with van der Waals surface area (Å²) in [4.78, 5) is 11.3. The van der Waals surface area contributed by atoms with E-state index in [1.54, 1.807) is 0 Å². The summed E-state index contributed by atoms with van der Waals surface area (Å²) >= 11 is 0. The molecule has 0 fully saturated rings. The van der Waals surface area contributed by atoms with E-state index >= 15 is 0 Å². The molecule has 1 N–H and O–H groups in total. The molecule has 0 atom stereocenters. The lowest BCUT2D eigenvalue weighted by Gasteiger charge is -2.08. The molecule has 84 valence electrons. The summed E-state index contributed by atoms with van der Waals surface area (Å²) in [6.07, 6.45) is 1.93. The molecular weight excluding hydrogens is 192 g/mol. The number of hydrogen-bond donors (Lipinski definition) is 1. The van der Waals surface area contributed by atoms with Gasteiger partial charge in [-0.1, -0.05) is 13.8 Å². The van der Waals surface area contributed by atoms with Crippen LogP contribution in [0.25, 0.3) is 0 Å². The maximum Gasteiger partial charge on any atom is 0.320 e. The van der Waals surface area contributed by atoms with Crippen LogP contribution in [-0.4, -0.2) is 23.1 Å². The van der Waals surface area contributed by atoms with Crippen LogP contribution in [0.2, 0.25) is 0 Å². The van der Waals surface area contributed by atoms with Crippen LogP contribution in [0.15, 0.2) is 18.3 Å². The monoisotopic (exact) mass is 210 g/mol. The number of nitrogens with zero attached hydrogens (tertiary/aromatic N) is 1. The Balaban J connectivity index is 2.26. The van der Waals surface area contributed by atoms with Gasteiger partial charge in [0.05, 0.1) is 12.2 Å². The van der Waals surface area contributed by atoms with Crippen molar-refractivity contribution in [3.8, 4) is 0 Å². The third kappa shape index (κ3) is 4.16. The number of carbonyl (C=O) groups is 1. The molecule has 0 aliphatic carbocycles. The fourth-order valence-corrected chi connectivity index (χ4v) is 1.14. The van der Waals surface area contributed by atoms with E-state index in [1.807, 2.05) is 43.8 Å². The average Bonchev–Trinajstić information content (AvgIpc) is 2.58. The minimum absolute atomic E-state index is 0.218. The van der Waals surface area contributed by atoms with Crippen molar-refractivity contribution in [2.45, 2.75) is 26.5 Å². The molecule has 1 aromatic heterocycles. The van der Waals surface area contributed by atoms with Crippen molar-refractivity contribution in [3.63, 3.8) is 0 Å². The number of carbonyl (C=O) groups excluding carboxylic acids is 1. The van der Waals surface area contributed by atoms with Gasteiger partial charge < -0.3 is 14.6 Å². The first kappa shape index (κ1) is 11.8. The van der Waals surface area contributed by atoms with Crippen LogP contribution in [0.5, 0.6) is 0 Å². The fraction of sp³-hybridized carbons (Fsp3) is 0.545. The zero-order valence-corrected chi connectivity index (χ0v) is 9.49. The van der Waals surface area contributed by atoms with Gasteiger partial charge in [0.2, 0.25) is 0 Å². The summed E-state index contributed by atoms with van der Waals surface area (Å²) in [5, 5.41) is 3.01. The third-order valence-corrected chi connectivity index (χ3v) is 2.09. The molecule has 1 heterocycles. The first-order chi connectivity index (χ1) is 7.09. The Bertz CT molecular complexity index is 318. The van der Waals surface area contributed by atoms with E-state index in [0.717, 1.165) is 5.69 Å². The zero-order valence-electron chi connectivity index (χ0n) is 9.49. The lowest BCUT2D eigenvalue weighted by atomic mass is 10.4. The van der Waals surface area contributed by atoms with Crippen molar-refractivity contribution in [2.24, 2.45) is 7.05 Å². The van der Waals surface area contributed by atoms with Crippen LogP contribution < -0.4 is 5.32 Å². The quantitative estimate of drug-likeness (QED) is 0.739. The lowest BCUT2D eigenvalue weighted by Crippen LogP contribution is -2.30. The highest BCUT2D eigenvalue weighted by atomic mass is 16.5. The van der Waals surface area contributed by atoms with Crippen LogP contribution in [0.1, 0.15) is 19.5 Å². The molecule has 1 rings (SSSR count). The SMILES string of the molecule is CC(C)NCC(=O)OCc1cccn1C. The summed E-state index contributed by atoms with van der Waals surface area (Å²) in [6, 6.07) is 4.16. The van der Waals surface area contributed by atoms with Gasteiger partial charge >= 0.3 is 5.97 Å². The van der Waals surface area contributed by atoms with Crippen molar-refractivity contribution in [1.82, 2.24) is 9.88 Å².